The van der Waals surface area contributed by atoms with Crippen molar-refractivity contribution in [2.24, 2.45) is 0 Å². The Bertz CT molecular complexity index is 679. The zero-order valence-corrected chi connectivity index (χ0v) is 36.8. The third kappa shape index (κ3) is 33.1. The number of hydrogen-bond acceptors (Lipinski definition) is 6. The van der Waals surface area contributed by atoms with Gasteiger partial charge in [-0.2, -0.15) is 0 Å². The second kappa shape index (κ2) is 37.9. The maximum absolute atomic E-state index is 13.2. The van der Waals surface area contributed by atoms with E-state index in [9.17, 15) is 14.4 Å². The molecule has 0 heterocycles. The van der Waals surface area contributed by atoms with Gasteiger partial charge in [0.1, 0.15) is 0 Å². The van der Waals surface area contributed by atoms with Crippen LogP contribution in [0.4, 0.5) is 0 Å². The summed E-state index contributed by atoms with van der Waals surface area (Å²) in [5.74, 6) is -1.10. The Balaban J connectivity index is 4.93. The Labute approximate surface area is 316 Å². The summed E-state index contributed by atoms with van der Waals surface area (Å²) in [6.07, 6.45) is 38.0. The van der Waals surface area contributed by atoms with Gasteiger partial charge >= 0.3 is 278 Å². The molecule has 50 heavy (non-hydrogen) atoms. The smallest absolute Gasteiger partial charge is 0.0654 e. The van der Waals surface area contributed by atoms with E-state index < -0.39 is 19.6 Å². The second-order valence-electron chi connectivity index (χ2n) is 15.0. The van der Waals surface area contributed by atoms with Crippen LogP contribution in [0.25, 0.3) is 0 Å². The van der Waals surface area contributed by atoms with Gasteiger partial charge in [-0.05, 0) is 0 Å². The second-order valence-corrected chi connectivity index (χ2v) is 22.1. The first-order valence-corrected chi connectivity index (χ1v) is 27.6. The topological polar surface area (TPSA) is 78.9 Å². The Morgan fingerprint density at radius 3 is 0.720 bits per heavy atom. The van der Waals surface area contributed by atoms with Crippen molar-refractivity contribution in [2.75, 3.05) is 0 Å². The molecule has 6 nitrogen and oxygen atoms in total. The Morgan fingerprint density at radius 2 is 0.500 bits per heavy atom. The molecule has 0 saturated heterocycles. The number of unbranched alkanes of at least 4 members (excludes halogenated alkanes) is 28. The van der Waals surface area contributed by atoms with Crippen molar-refractivity contribution in [2.45, 2.75) is 257 Å². The van der Waals surface area contributed by atoms with E-state index >= 15 is 0 Å². The van der Waals surface area contributed by atoms with Crippen LogP contribution in [-0.2, 0) is 23.6 Å². The minimum atomic E-state index is -4.81. The van der Waals surface area contributed by atoms with Gasteiger partial charge in [0.2, 0.25) is 0 Å². The molecule has 0 spiro atoms. The van der Waals surface area contributed by atoms with Gasteiger partial charge in [-0.1, -0.05) is 40.0 Å². The van der Waals surface area contributed by atoms with Gasteiger partial charge in [0.15, 0.2) is 0 Å². The van der Waals surface area contributed by atoms with Gasteiger partial charge in [0.05, 0.1) is 0 Å². The summed E-state index contributed by atoms with van der Waals surface area (Å²) in [4.78, 5) is 39.5. The van der Waals surface area contributed by atoms with Crippen LogP contribution in [0.5, 0.6) is 0 Å². The molecule has 0 aromatic carbocycles. The van der Waals surface area contributed by atoms with Crippen LogP contribution in [0.2, 0.25) is 4.44 Å². The first kappa shape index (κ1) is 49.2. The van der Waals surface area contributed by atoms with Crippen LogP contribution in [0, 0.1) is 0 Å². The van der Waals surface area contributed by atoms with Crippen LogP contribution in [0.3, 0.4) is 0 Å². The average Bonchev–Trinajstić information content (AvgIpc) is 3.09. The Kier molecular flexibility index (Phi) is 37.3. The molecule has 0 radical (unpaired) electrons. The van der Waals surface area contributed by atoms with Crippen molar-refractivity contribution in [1.29, 1.82) is 0 Å². The Morgan fingerprint density at radius 1 is 0.300 bits per heavy atom. The molecule has 0 bridgehead atoms. The van der Waals surface area contributed by atoms with E-state index in [1.165, 1.54) is 135 Å². The molecule has 0 N–H and O–H groups in total. The fraction of sp³-hybridized carbons (Fsp3) is 0.930. The van der Waals surface area contributed by atoms with E-state index in [-0.39, 0.29) is 37.2 Å². The molecule has 0 rings (SSSR count). The van der Waals surface area contributed by atoms with Gasteiger partial charge < -0.3 is 0 Å². The summed E-state index contributed by atoms with van der Waals surface area (Å²) in [6.45, 7) is 8.79. The Hall–Kier alpha value is -0.791. The molecule has 0 fully saturated rings. The van der Waals surface area contributed by atoms with Crippen molar-refractivity contribution in [3.8, 4) is 0 Å². The monoisotopic (exact) mass is 817 g/mol. The molecule has 7 heteroatoms. The predicted molar refractivity (Wildman–Crippen MR) is 213 cm³/mol. The van der Waals surface area contributed by atoms with E-state index in [2.05, 4.69) is 27.7 Å². The van der Waals surface area contributed by atoms with E-state index in [0.29, 0.717) is 10.9 Å². The zero-order valence-electron chi connectivity index (χ0n) is 33.9. The number of hydrogen-bond donors (Lipinski definition) is 0. The van der Waals surface area contributed by atoms with Gasteiger partial charge in [0.25, 0.3) is 0 Å². The van der Waals surface area contributed by atoms with Crippen LogP contribution >= 0.6 is 0 Å². The molecular formula is C43H84O6Sn. The fourth-order valence-corrected chi connectivity index (χ4v) is 13.9. The summed E-state index contributed by atoms with van der Waals surface area (Å²) >= 11 is -4.81. The number of carbonyl (C=O) groups excluding carboxylic acids is 3. The van der Waals surface area contributed by atoms with Crippen LogP contribution in [0.15, 0.2) is 0 Å². The molecule has 0 aromatic heterocycles. The fourth-order valence-electron chi connectivity index (χ4n) is 6.55. The summed E-state index contributed by atoms with van der Waals surface area (Å²) in [5.41, 5.74) is 0. The zero-order chi connectivity index (χ0) is 36.8. The maximum atomic E-state index is 13.2. The third-order valence-corrected chi connectivity index (χ3v) is 17.2. The molecule has 0 unspecified atom stereocenters. The van der Waals surface area contributed by atoms with Gasteiger partial charge in [-0.3, -0.25) is 0 Å². The van der Waals surface area contributed by atoms with Crippen LogP contribution in [-0.4, -0.2) is 37.5 Å². The van der Waals surface area contributed by atoms with Gasteiger partial charge in [-0.15, -0.1) is 0 Å². The summed E-state index contributed by atoms with van der Waals surface area (Å²) in [5, 5.41) is 0. The standard InChI is InChI=1S/3C13H26O2.C4H9.Sn/c3*1-2-3-4-5-6-7-8-9-10-11-12-13(14)15;1-3-4-2;/h3*2-12H2,1H3,(H,14,15);1,3-4H2,2H3;/q;;;;+3/p-3. The molecule has 0 saturated carbocycles. The van der Waals surface area contributed by atoms with Crippen LogP contribution in [0.1, 0.15) is 252 Å². The molecule has 296 valence electrons. The van der Waals surface area contributed by atoms with Crippen molar-refractivity contribution in [3.05, 3.63) is 0 Å². The van der Waals surface area contributed by atoms with E-state index in [1.54, 1.807) is 0 Å². The van der Waals surface area contributed by atoms with Crippen molar-refractivity contribution < 1.29 is 23.6 Å². The van der Waals surface area contributed by atoms with E-state index in [0.717, 1.165) is 64.2 Å². The van der Waals surface area contributed by atoms with E-state index in [4.69, 9.17) is 9.22 Å². The summed E-state index contributed by atoms with van der Waals surface area (Å²) in [6, 6.07) is 0. The molecule has 0 aliphatic carbocycles. The van der Waals surface area contributed by atoms with Crippen molar-refractivity contribution in [3.63, 3.8) is 0 Å². The summed E-state index contributed by atoms with van der Waals surface area (Å²) < 4.78 is 18.5. The quantitative estimate of drug-likeness (QED) is 0.0454. The number of carbonyl (C=O) groups is 3. The molecule has 0 atom stereocenters. The SMILES string of the molecule is CCCCCCCCCCCCC(=O)[O][Sn]([CH2]CCC)([O]C(=O)CCCCCCCCCCCC)[O]C(=O)CCCCCCCCCCCC. The van der Waals surface area contributed by atoms with Gasteiger partial charge in [-0.25, -0.2) is 0 Å². The minimum absolute atomic E-state index is 0.285. The predicted octanol–water partition coefficient (Wildman–Crippen LogP) is 14.3. The normalized spacial score (nSPS) is 11.5. The molecule has 0 aliphatic rings. The minimum Gasteiger partial charge on any atom is -0.0654 e. The number of rotatable bonds is 39. The third-order valence-electron chi connectivity index (χ3n) is 9.85. The summed E-state index contributed by atoms with van der Waals surface area (Å²) in [7, 11) is 0. The van der Waals surface area contributed by atoms with E-state index in [1.807, 2.05) is 0 Å². The molecule has 0 amide bonds. The first-order chi connectivity index (χ1) is 24.4. The van der Waals surface area contributed by atoms with Crippen LogP contribution < -0.4 is 0 Å². The van der Waals surface area contributed by atoms with Crippen molar-refractivity contribution in [1.82, 2.24) is 0 Å². The molecule has 0 aromatic rings. The first-order valence-electron chi connectivity index (χ1n) is 22.1. The van der Waals surface area contributed by atoms with Gasteiger partial charge in [0, 0.05) is 0 Å². The average molecular weight is 816 g/mol. The molecule has 0 aliphatic heterocycles. The van der Waals surface area contributed by atoms with Crippen molar-refractivity contribution >= 4 is 37.5 Å². The molecular weight excluding hydrogens is 731 g/mol.